The van der Waals surface area contributed by atoms with Gasteiger partial charge in [0.2, 0.25) is 5.91 Å². The van der Waals surface area contributed by atoms with Crippen LogP contribution >= 0.6 is 11.6 Å². The van der Waals surface area contributed by atoms with Crippen LogP contribution in [0.25, 0.3) is 0 Å². The fraction of sp³-hybridized carbons (Fsp3) is 0.320. The fourth-order valence-corrected chi connectivity index (χ4v) is 4.68. The van der Waals surface area contributed by atoms with Gasteiger partial charge in [0, 0.05) is 29.7 Å². The van der Waals surface area contributed by atoms with E-state index in [1.807, 2.05) is 4.57 Å². The van der Waals surface area contributed by atoms with Crippen molar-refractivity contribution in [1.82, 2.24) is 14.5 Å². The molecule has 2 amide bonds. The van der Waals surface area contributed by atoms with Gasteiger partial charge in [0.05, 0.1) is 25.2 Å². The molecule has 1 fully saturated rings. The maximum absolute atomic E-state index is 13.2. The zero-order valence-electron chi connectivity index (χ0n) is 18.4. The lowest BCUT2D eigenvalue weighted by atomic mass is 9.95. The highest BCUT2D eigenvalue weighted by atomic mass is 35.5. The zero-order chi connectivity index (χ0) is 23.7. The maximum atomic E-state index is 13.2. The number of ether oxygens (including phenoxy) is 1. The van der Waals surface area contributed by atoms with E-state index in [1.54, 1.807) is 47.6 Å². The predicted molar refractivity (Wildman–Crippen MR) is 125 cm³/mol. The number of anilines is 1. The van der Waals surface area contributed by atoms with Crippen LogP contribution in [0.1, 0.15) is 40.7 Å². The Morgan fingerprint density at radius 2 is 1.88 bits per heavy atom. The van der Waals surface area contributed by atoms with Crippen LogP contribution < -0.4 is 5.32 Å². The Bertz CT molecular complexity index is 1210. The van der Waals surface area contributed by atoms with Gasteiger partial charge in [-0.05, 0) is 48.7 Å². The third kappa shape index (κ3) is 4.69. The molecule has 0 unspecified atom stereocenters. The third-order valence-electron chi connectivity index (χ3n) is 6.42. The van der Waals surface area contributed by atoms with E-state index in [2.05, 4.69) is 10.3 Å². The highest BCUT2D eigenvalue weighted by Gasteiger charge is 2.32. The summed E-state index contributed by atoms with van der Waals surface area (Å²) in [4.78, 5) is 31.9. The van der Waals surface area contributed by atoms with Gasteiger partial charge in [-0.3, -0.25) is 9.59 Å². The second kappa shape index (κ2) is 9.56. The summed E-state index contributed by atoms with van der Waals surface area (Å²) in [6.07, 6.45) is 2.60. The Hall–Kier alpha value is -3.23. The minimum atomic E-state index is -0.290. The van der Waals surface area contributed by atoms with Crippen LogP contribution in [0.5, 0.6) is 0 Å². The van der Waals surface area contributed by atoms with E-state index in [1.165, 1.54) is 12.1 Å². The third-order valence-corrected chi connectivity index (χ3v) is 6.65. The number of likely N-dealkylation sites (tertiary alicyclic amines) is 1. The number of hydrogen-bond donors (Lipinski definition) is 1. The van der Waals surface area contributed by atoms with Crippen LogP contribution in [0.4, 0.5) is 10.1 Å². The van der Waals surface area contributed by atoms with Gasteiger partial charge < -0.3 is 19.5 Å². The van der Waals surface area contributed by atoms with Crippen molar-refractivity contribution in [3.8, 4) is 0 Å². The topological polar surface area (TPSA) is 76.5 Å². The summed E-state index contributed by atoms with van der Waals surface area (Å²) in [5.41, 5.74) is 2.68. The molecule has 0 spiro atoms. The van der Waals surface area contributed by atoms with Crippen LogP contribution in [0.2, 0.25) is 5.02 Å². The van der Waals surface area contributed by atoms with E-state index in [0.717, 1.165) is 11.3 Å². The van der Waals surface area contributed by atoms with Crippen LogP contribution in [-0.2, 0) is 22.7 Å². The van der Waals surface area contributed by atoms with Crippen molar-refractivity contribution >= 4 is 29.1 Å². The van der Waals surface area contributed by atoms with Crippen molar-refractivity contribution in [1.29, 1.82) is 0 Å². The molecule has 0 bridgehead atoms. The summed E-state index contributed by atoms with van der Waals surface area (Å²) >= 11 is 5.99. The first-order valence-corrected chi connectivity index (χ1v) is 11.6. The van der Waals surface area contributed by atoms with E-state index < -0.39 is 0 Å². The number of piperidine rings is 1. The number of carbonyl (C=O) groups excluding carboxylic acids is 2. The molecule has 0 saturated carbocycles. The quantitative estimate of drug-likeness (QED) is 0.596. The van der Waals surface area contributed by atoms with Crippen LogP contribution in [0.15, 0.2) is 54.9 Å². The van der Waals surface area contributed by atoms with E-state index in [9.17, 15) is 14.0 Å². The second-order valence-corrected chi connectivity index (χ2v) is 9.05. The average Bonchev–Trinajstić information content (AvgIpc) is 3.27. The van der Waals surface area contributed by atoms with E-state index in [-0.39, 0.29) is 36.3 Å². The van der Waals surface area contributed by atoms with E-state index in [4.69, 9.17) is 16.3 Å². The molecule has 9 heteroatoms. The number of imidazole rings is 1. The summed E-state index contributed by atoms with van der Waals surface area (Å²) in [6, 6.07) is 13.3. The summed E-state index contributed by atoms with van der Waals surface area (Å²) in [7, 11) is 0. The first kappa shape index (κ1) is 22.6. The van der Waals surface area contributed by atoms with Gasteiger partial charge in [-0.25, -0.2) is 9.37 Å². The van der Waals surface area contributed by atoms with Gasteiger partial charge in [0.25, 0.3) is 5.91 Å². The number of benzene rings is 2. The van der Waals surface area contributed by atoms with Gasteiger partial charge >= 0.3 is 0 Å². The van der Waals surface area contributed by atoms with Crippen LogP contribution in [-0.4, -0.2) is 39.4 Å². The number of aromatic nitrogens is 2. The monoisotopic (exact) mass is 482 g/mol. The molecule has 1 atom stereocenters. The molecule has 34 heavy (non-hydrogen) atoms. The second-order valence-electron chi connectivity index (χ2n) is 8.61. The highest BCUT2D eigenvalue weighted by Crippen LogP contribution is 2.29. The van der Waals surface area contributed by atoms with Crippen molar-refractivity contribution in [3.05, 3.63) is 82.6 Å². The number of amides is 2. The summed E-state index contributed by atoms with van der Waals surface area (Å²) < 4.78 is 21.1. The molecule has 2 aromatic carbocycles. The van der Waals surface area contributed by atoms with Gasteiger partial charge in [0.15, 0.2) is 5.69 Å². The van der Waals surface area contributed by atoms with Crippen LogP contribution in [0, 0.1) is 11.7 Å². The van der Waals surface area contributed by atoms with Gasteiger partial charge in [-0.1, -0.05) is 29.8 Å². The van der Waals surface area contributed by atoms with Crippen molar-refractivity contribution in [3.63, 3.8) is 0 Å². The number of nitrogens with one attached hydrogen (secondary N) is 1. The molecule has 1 aromatic heterocycles. The van der Waals surface area contributed by atoms with Gasteiger partial charge in [-0.2, -0.15) is 0 Å². The van der Waals surface area contributed by atoms with Crippen LogP contribution in [0.3, 0.4) is 0 Å². The molecule has 1 N–H and O–H groups in total. The standard InChI is InChI=1S/C25H24ClFN4O3/c26-18-2-1-3-20(12-18)29-24(32)17-8-10-30(11-9-17)25(33)23-21-14-34-22(13-31(21)15-28-23)16-4-6-19(27)7-5-16/h1-7,12,15,17,22H,8-11,13-14H2,(H,29,32)/t22-/m0/s1. The van der Waals surface area contributed by atoms with Crippen molar-refractivity contribution < 1.29 is 18.7 Å². The minimum absolute atomic E-state index is 0.0611. The Labute approximate surface area is 201 Å². The lowest BCUT2D eigenvalue weighted by Gasteiger charge is -2.31. The van der Waals surface area contributed by atoms with E-state index in [0.29, 0.717) is 48.9 Å². The molecule has 5 rings (SSSR count). The molecular formula is C25H24ClFN4O3. The average molecular weight is 483 g/mol. The van der Waals surface area contributed by atoms with Crippen molar-refractivity contribution in [2.24, 2.45) is 5.92 Å². The smallest absolute Gasteiger partial charge is 0.274 e. The summed E-state index contributed by atoms with van der Waals surface area (Å²) in [6.45, 7) is 1.73. The highest BCUT2D eigenvalue weighted by molar-refractivity contribution is 6.30. The molecule has 7 nitrogen and oxygen atoms in total. The number of carbonyl (C=O) groups is 2. The lowest BCUT2D eigenvalue weighted by molar-refractivity contribution is -0.121. The summed E-state index contributed by atoms with van der Waals surface area (Å²) in [5.74, 6) is -0.666. The predicted octanol–water partition coefficient (Wildman–Crippen LogP) is 4.44. The first-order valence-electron chi connectivity index (χ1n) is 11.2. The van der Waals surface area contributed by atoms with Crippen molar-refractivity contribution in [2.75, 3.05) is 18.4 Å². The Kier molecular flexibility index (Phi) is 6.34. The van der Waals surface area contributed by atoms with Gasteiger partial charge in [0.1, 0.15) is 11.9 Å². The normalized spacial score (nSPS) is 18.4. The maximum Gasteiger partial charge on any atom is 0.274 e. The molecule has 0 aliphatic carbocycles. The molecule has 1 saturated heterocycles. The zero-order valence-corrected chi connectivity index (χ0v) is 19.2. The number of nitrogens with zero attached hydrogens (tertiary/aromatic N) is 3. The Balaban J connectivity index is 1.19. The largest absolute Gasteiger partial charge is 0.365 e. The molecule has 0 radical (unpaired) electrons. The molecular weight excluding hydrogens is 459 g/mol. The molecule has 176 valence electrons. The number of fused-ring (bicyclic) bond motifs is 1. The summed E-state index contributed by atoms with van der Waals surface area (Å²) in [5, 5.41) is 3.47. The lowest BCUT2D eigenvalue weighted by Crippen LogP contribution is -2.42. The number of hydrogen-bond acceptors (Lipinski definition) is 4. The number of rotatable bonds is 4. The molecule has 3 heterocycles. The van der Waals surface area contributed by atoms with E-state index >= 15 is 0 Å². The minimum Gasteiger partial charge on any atom is -0.365 e. The SMILES string of the molecule is O=C(Nc1cccc(Cl)c1)C1CCN(C(=O)c2ncn3c2CO[C@H](c2ccc(F)cc2)C3)CC1. The van der Waals surface area contributed by atoms with Crippen molar-refractivity contribution in [2.45, 2.75) is 32.1 Å². The first-order chi connectivity index (χ1) is 16.5. The van der Waals surface area contributed by atoms with Gasteiger partial charge in [-0.15, -0.1) is 0 Å². The molecule has 3 aromatic rings. The Morgan fingerprint density at radius 1 is 1.12 bits per heavy atom. The number of halogens is 2. The molecule has 2 aliphatic heterocycles. The Morgan fingerprint density at radius 3 is 2.62 bits per heavy atom. The molecule has 2 aliphatic rings. The fourth-order valence-electron chi connectivity index (χ4n) is 4.49.